The number of hydrogen-bond donors (Lipinski definition) is 0. The monoisotopic (exact) mass is 378 g/mol. The van der Waals surface area contributed by atoms with E-state index >= 15 is 0 Å². The van der Waals surface area contributed by atoms with Crippen molar-refractivity contribution in [2.45, 2.75) is 45.7 Å². The summed E-state index contributed by atoms with van der Waals surface area (Å²) in [5.41, 5.74) is 3.13. The zero-order valence-electron chi connectivity index (χ0n) is 16.7. The summed E-state index contributed by atoms with van der Waals surface area (Å²) in [4.78, 5) is 20.2. The third kappa shape index (κ3) is 3.35. The van der Waals surface area contributed by atoms with Gasteiger partial charge in [0.25, 0.3) is 5.91 Å². The van der Waals surface area contributed by atoms with Crippen LogP contribution in [0, 0.1) is 0 Å². The molecule has 6 nitrogen and oxygen atoms in total. The minimum atomic E-state index is 0.0739. The van der Waals surface area contributed by atoms with E-state index in [2.05, 4.69) is 18.9 Å². The van der Waals surface area contributed by atoms with Crippen LogP contribution in [-0.4, -0.2) is 45.3 Å². The lowest BCUT2D eigenvalue weighted by Crippen LogP contribution is -2.33. The van der Waals surface area contributed by atoms with E-state index < -0.39 is 0 Å². The zero-order valence-corrected chi connectivity index (χ0v) is 16.7. The zero-order chi connectivity index (χ0) is 19.7. The van der Waals surface area contributed by atoms with Crippen molar-refractivity contribution < 1.29 is 9.53 Å². The van der Waals surface area contributed by atoms with Gasteiger partial charge in [-0.15, -0.1) is 0 Å². The van der Waals surface area contributed by atoms with E-state index in [-0.39, 0.29) is 11.9 Å². The molecule has 1 aromatic carbocycles. The molecule has 1 aliphatic rings. The molecule has 6 heteroatoms. The number of rotatable bonds is 5. The summed E-state index contributed by atoms with van der Waals surface area (Å²) in [5, 5.41) is 5.27. The molecule has 0 aliphatic carbocycles. The minimum absolute atomic E-state index is 0.0739. The van der Waals surface area contributed by atoms with Gasteiger partial charge in [-0.25, -0.2) is 4.98 Å². The van der Waals surface area contributed by atoms with Gasteiger partial charge in [0.1, 0.15) is 5.75 Å². The third-order valence-electron chi connectivity index (χ3n) is 5.44. The maximum atomic E-state index is 13.4. The number of aryl methyl sites for hydroxylation is 1. The second kappa shape index (κ2) is 7.62. The molecule has 1 aliphatic heterocycles. The smallest absolute Gasteiger partial charge is 0.254 e. The van der Waals surface area contributed by atoms with Gasteiger partial charge < -0.3 is 9.64 Å². The molecule has 4 rings (SSSR count). The maximum Gasteiger partial charge on any atom is 0.254 e. The molecular weight excluding hydrogens is 352 g/mol. The summed E-state index contributed by atoms with van der Waals surface area (Å²) < 4.78 is 7.28. The van der Waals surface area contributed by atoms with Crippen LogP contribution in [0.25, 0.3) is 22.2 Å². The average molecular weight is 378 g/mol. The number of pyridine rings is 1. The summed E-state index contributed by atoms with van der Waals surface area (Å²) in [7, 11) is 1.64. The van der Waals surface area contributed by atoms with Crippen molar-refractivity contribution in [3.8, 4) is 17.0 Å². The van der Waals surface area contributed by atoms with Crippen LogP contribution in [0.2, 0.25) is 0 Å². The highest BCUT2D eigenvalue weighted by Gasteiger charge is 2.28. The summed E-state index contributed by atoms with van der Waals surface area (Å²) in [6.45, 7) is 5.91. The highest BCUT2D eigenvalue weighted by atomic mass is 16.5. The second-order valence-corrected chi connectivity index (χ2v) is 7.42. The van der Waals surface area contributed by atoms with Crippen molar-refractivity contribution in [1.82, 2.24) is 19.7 Å². The maximum absolute atomic E-state index is 13.4. The molecule has 1 fully saturated rings. The molecule has 1 unspecified atom stereocenters. The van der Waals surface area contributed by atoms with Gasteiger partial charge in [0.2, 0.25) is 0 Å². The quantitative estimate of drug-likeness (QED) is 0.669. The van der Waals surface area contributed by atoms with Crippen LogP contribution < -0.4 is 4.74 Å². The number of amides is 1. The number of ether oxygens (including phenoxy) is 1. The number of carbonyl (C=O) groups excluding carboxylic acids is 1. The van der Waals surface area contributed by atoms with E-state index in [1.807, 2.05) is 46.2 Å². The normalized spacial score (nSPS) is 16.7. The molecule has 0 bridgehead atoms. The molecular formula is C22H26N4O2. The summed E-state index contributed by atoms with van der Waals surface area (Å²) in [6.07, 6.45) is 6.93. The first-order valence-corrected chi connectivity index (χ1v) is 9.93. The SMILES string of the molecule is CCCn1cc(-c2cc(C(=O)N3CCCC3C)c3ccc(OC)cc3n2)cn1. The Bertz CT molecular complexity index is 1010. The largest absolute Gasteiger partial charge is 0.497 e. The fourth-order valence-corrected chi connectivity index (χ4v) is 3.90. The summed E-state index contributed by atoms with van der Waals surface area (Å²) in [5.74, 6) is 0.802. The van der Waals surface area contributed by atoms with Crippen molar-refractivity contribution in [3.63, 3.8) is 0 Å². The summed E-state index contributed by atoms with van der Waals surface area (Å²) >= 11 is 0. The molecule has 1 saturated heterocycles. The number of fused-ring (bicyclic) bond motifs is 1. The van der Waals surface area contributed by atoms with Gasteiger partial charge in [-0.2, -0.15) is 5.10 Å². The van der Waals surface area contributed by atoms with Crippen molar-refractivity contribution >= 4 is 16.8 Å². The number of hydrogen-bond acceptors (Lipinski definition) is 4. The first-order valence-electron chi connectivity index (χ1n) is 9.93. The fraction of sp³-hybridized carbons (Fsp3) is 0.409. The predicted octanol–water partition coefficient (Wildman–Crippen LogP) is 4.14. The van der Waals surface area contributed by atoms with Gasteiger partial charge in [0.15, 0.2) is 0 Å². The highest BCUT2D eigenvalue weighted by Crippen LogP contribution is 2.30. The first kappa shape index (κ1) is 18.5. The molecule has 146 valence electrons. The molecule has 0 saturated carbocycles. The Morgan fingerprint density at radius 1 is 1.32 bits per heavy atom. The highest BCUT2D eigenvalue weighted by molar-refractivity contribution is 6.07. The lowest BCUT2D eigenvalue weighted by Gasteiger charge is -2.22. The van der Waals surface area contributed by atoms with Gasteiger partial charge in [-0.05, 0) is 44.4 Å². The third-order valence-corrected chi connectivity index (χ3v) is 5.44. The van der Waals surface area contributed by atoms with Crippen LogP contribution in [0.1, 0.15) is 43.5 Å². The van der Waals surface area contributed by atoms with E-state index in [0.717, 1.165) is 60.3 Å². The predicted molar refractivity (Wildman–Crippen MR) is 110 cm³/mol. The Morgan fingerprint density at radius 3 is 2.89 bits per heavy atom. The number of benzene rings is 1. The second-order valence-electron chi connectivity index (χ2n) is 7.42. The molecule has 2 aromatic heterocycles. The van der Waals surface area contributed by atoms with Crippen LogP contribution in [0.4, 0.5) is 0 Å². The van der Waals surface area contributed by atoms with Crippen LogP contribution >= 0.6 is 0 Å². The molecule has 1 atom stereocenters. The lowest BCUT2D eigenvalue weighted by atomic mass is 10.0. The number of nitrogens with zero attached hydrogens (tertiary/aromatic N) is 4. The van der Waals surface area contributed by atoms with Crippen LogP contribution in [0.3, 0.4) is 0 Å². The minimum Gasteiger partial charge on any atom is -0.497 e. The van der Waals surface area contributed by atoms with Crippen LogP contribution in [0.15, 0.2) is 36.7 Å². The standard InChI is InChI=1S/C22H26N4O2/c1-4-9-25-14-16(13-23-25)20-12-19(22(27)26-10-5-6-15(26)2)18-8-7-17(28-3)11-21(18)24-20/h7-8,11-15H,4-6,9-10H2,1-3H3. The van der Waals surface area contributed by atoms with Gasteiger partial charge >= 0.3 is 0 Å². The van der Waals surface area contributed by atoms with E-state index in [1.54, 1.807) is 7.11 Å². The molecule has 3 aromatic rings. The fourth-order valence-electron chi connectivity index (χ4n) is 3.90. The van der Waals surface area contributed by atoms with E-state index in [4.69, 9.17) is 9.72 Å². The summed E-state index contributed by atoms with van der Waals surface area (Å²) in [6, 6.07) is 7.88. The van der Waals surface area contributed by atoms with Crippen LogP contribution in [0.5, 0.6) is 5.75 Å². The Labute approximate surface area is 165 Å². The van der Waals surface area contributed by atoms with Crippen molar-refractivity contribution in [1.29, 1.82) is 0 Å². The molecule has 0 N–H and O–H groups in total. The van der Waals surface area contributed by atoms with Gasteiger partial charge in [0, 0.05) is 42.3 Å². The van der Waals surface area contributed by atoms with Gasteiger partial charge in [-0.3, -0.25) is 9.48 Å². The number of likely N-dealkylation sites (tertiary alicyclic amines) is 1. The molecule has 28 heavy (non-hydrogen) atoms. The number of methoxy groups -OCH3 is 1. The Balaban J connectivity index is 1.85. The molecule has 3 heterocycles. The van der Waals surface area contributed by atoms with Gasteiger partial charge in [0.05, 0.1) is 30.1 Å². The van der Waals surface area contributed by atoms with Crippen molar-refractivity contribution in [3.05, 3.63) is 42.2 Å². The number of carbonyl (C=O) groups is 1. The van der Waals surface area contributed by atoms with E-state index in [9.17, 15) is 4.79 Å². The Hall–Kier alpha value is -2.89. The van der Waals surface area contributed by atoms with E-state index in [0.29, 0.717) is 5.56 Å². The van der Waals surface area contributed by atoms with Gasteiger partial charge in [-0.1, -0.05) is 6.92 Å². The van der Waals surface area contributed by atoms with Crippen molar-refractivity contribution in [2.75, 3.05) is 13.7 Å². The van der Waals surface area contributed by atoms with E-state index in [1.165, 1.54) is 0 Å². The molecule has 1 amide bonds. The first-order chi connectivity index (χ1) is 13.6. The number of aromatic nitrogens is 3. The van der Waals surface area contributed by atoms with Crippen LogP contribution in [-0.2, 0) is 6.54 Å². The Kier molecular flexibility index (Phi) is 5.03. The molecule has 0 spiro atoms. The topological polar surface area (TPSA) is 60.2 Å². The Morgan fingerprint density at radius 2 is 2.18 bits per heavy atom. The lowest BCUT2D eigenvalue weighted by molar-refractivity contribution is 0.0749. The van der Waals surface area contributed by atoms with Crippen molar-refractivity contribution in [2.24, 2.45) is 0 Å². The average Bonchev–Trinajstić information content (AvgIpc) is 3.35. The molecule has 0 radical (unpaired) electrons.